The summed E-state index contributed by atoms with van der Waals surface area (Å²) in [5.41, 5.74) is 4.30. The molecule has 0 unspecified atom stereocenters. The summed E-state index contributed by atoms with van der Waals surface area (Å²) in [7, 11) is 3.29. The summed E-state index contributed by atoms with van der Waals surface area (Å²) in [6, 6.07) is 13.0. The normalized spacial score (nSPS) is 15.8. The van der Waals surface area contributed by atoms with Gasteiger partial charge in [-0.15, -0.1) is 11.3 Å². The minimum Gasteiger partial charge on any atom is -0.497 e. The van der Waals surface area contributed by atoms with Crippen molar-refractivity contribution in [2.75, 3.05) is 20.8 Å². The Balaban J connectivity index is 1.50. The van der Waals surface area contributed by atoms with E-state index in [1.165, 1.54) is 0 Å². The summed E-state index contributed by atoms with van der Waals surface area (Å²) in [4.78, 5) is 19.4. The van der Waals surface area contributed by atoms with Gasteiger partial charge >= 0.3 is 0 Å². The van der Waals surface area contributed by atoms with Gasteiger partial charge in [0.25, 0.3) is 5.91 Å². The number of carbonyl (C=O) groups excluding carboxylic acids is 1. The molecule has 1 amide bonds. The van der Waals surface area contributed by atoms with Crippen molar-refractivity contribution in [2.24, 2.45) is 0 Å². The van der Waals surface area contributed by atoms with E-state index in [9.17, 15) is 4.79 Å². The molecule has 1 saturated heterocycles. The average Bonchev–Trinajstić information content (AvgIpc) is 3.49. The number of ether oxygens (including phenoxy) is 3. The maximum Gasteiger partial charge on any atom is 0.254 e. The Hall–Kier alpha value is -3.06. The summed E-state index contributed by atoms with van der Waals surface area (Å²) >= 11 is 1.54. The molecule has 3 aromatic rings. The van der Waals surface area contributed by atoms with E-state index in [2.05, 4.69) is 4.98 Å². The smallest absolute Gasteiger partial charge is 0.254 e. The van der Waals surface area contributed by atoms with Crippen LogP contribution in [0.5, 0.6) is 17.2 Å². The Morgan fingerprint density at radius 3 is 2.63 bits per heavy atom. The lowest BCUT2D eigenvalue weighted by atomic mass is 10.0. The number of hydrogen-bond donors (Lipinski definition) is 0. The molecule has 2 heterocycles. The standard InChI is InChI=1S/C23H24N2O4S/c1-27-19-9-10-22(28-2)20(12-19)21-4-3-11-25(21)23(26)16-5-7-18(8-6-16)29-13-17-14-30-15-24-17/h5-10,12,14-15,21H,3-4,11,13H2,1-2H3/t21-/m1/s1. The minimum absolute atomic E-state index is 0.00780. The molecule has 1 fully saturated rings. The van der Waals surface area contributed by atoms with Crippen molar-refractivity contribution in [1.82, 2.24) is 9.88 Å². The average molecular weight is 425 g/mol. The highest BCUT2D eigenvalue weighted by Gasteiger charge is 2.32. The number of benzene rings is 2. The molecule has 6 nitrogen and oxygen atoms in total. The third-order valence-corrected chi connectivity index (χ3v) is 5.92. The fourth-order valence-corrected chi connectivity index (χ4v) is 4.30. The van der Waals surface area contributed by atoms with Gasteiger partial charge in [-0.25, -0.2) is 4.98 Å². The van der Waals surface area contributed by atoms with Crippen LogP contribution in [0.2, 0.25) is 0 Å². The van der Waals surface area contributed by atoms with Crippen LogP contribution in [0.3, 0.4) is 0 Å². The topological polar surface area (TPSA) is 60.9 Å². The lowest BCUT2D eigenvalue weighted by Crippen LogP contribution is -2.30. The van der Waals surface area contributed by atoms with Gasteiger partial charge in [0.15, 0.2) is 0 Å². The van der Waals surface area contributed by atoms with Crippen LogP contribution in [-0.4, -0.2) is 36.6 Å². The van der Waals surface area contributed by atoms with Gasteiger partial charge in [-0.05, 0) is 55.3 Å². The largest absolute Gasteiger partial charge is 0.497 e. The third-order valence-electron chi connectivity index (χ3n) is 5.28. The van der Waals surface area contributed by atoms with Crippen LogP contribution in [0.25, 0.3) is 0 Å². The molecule has 2 aromatic carbocycles. The molecule has 30 heavy (non-hydrogen) atoms. The molecule has 156 valence electrons. The zero-order chi connectivity index (χ0) is 20.9. The van der Waals surface area contributed by atoms with E-state index in [0.29, 0.717) is 24.5 Å². The molecule has 7 heteroatoms. The summed E-state index contributed by atoms with van der Waals surface area (Å²) < 4.78 is 16.7. The van der Waals surface area contributed by atoms with Crippen molar-refractivity contribution >= 4 is 17.2 Å². The quantitative estimate of drug-likeness (QED) is 0.549. The van der Waals surface area contributed by atoms with Gasteiger partial charge < -0.3 is 19.1 Å². The van der Waals surface area contributed by atoms with Gasteiger partial charge in [-0.3, -0.25) is 4.79 Å². The van der Waals surface area contributed by atoms with Crippen LogP contribution < -0.4 is 14.2 Å². The van der Waals surface area contributed by atoms with Crippen molar-refractivity contribution in [3.8, 4) is 17.2 Å². The Morgan fingerprint density at radius 2 is 1.93 bits per heavy atom. The second kappa shape index (κ2) is 9.17. The predicted molar refractivity (Wildman–Crippen MR) is 115 cm³/mol. The molecule has 1 aliphatic rings. The van der Waals surface area contributed by atoms with Gasteiger partial charge in [-0.2, -0.15) is 0 Å². The van der Waals surface area contributed by atoms with E-state index in [4.69, 9.17) is 14.2 Å². The Labute approximate surface area is 180 Å². The number of methoxy groups -OCH3 is 2. The van der Waals surface area contributed by atoms with E-state index < -0.39 is 0 Å². The van der Waals surface area contributed by atoms with E-state index in [1.807, 2.05) is 52.7 Å². The number of rotatable bonds is 7. The first kappa shape index (κ1) is 20.2. The molecule has 1 aliphatic heterocycles. The van der Waals surface area contributed by atoms with Crippen LogP contribution in [0.4, 0.5) is 0 Å². The molecule has 0 N–H and O–H groups in total. The number of likely N-dealkylation sites (tertiary alicyclic amines) is 1. The fourth-order valence-electron chi connectivity index (χ4n) is 3.76. The lowest BCUT2D eigenvalue weighted by molar-refractivity contribution is 0.0734. The number of hydrogen-bond acceptors (Lipinski definition) is 6. The van der Waals surface area contributed by atoms with Crippen LogP contribution in [0.1, 0.15) is 40.5 Å². The molecule has 4 rings (SSSR count). The second-order valence-corrected chi connectivity index (χ2v) is 7.78. The number of nitrogens with zero attached hydrogens (tertiary/aromatic N) is 2. The first-order valence-corrected chi connectivity index (χ1v) is 10.8. The zero-order valence-electron chi connectivity index (χ0n) is 17.0. The molecule has 0 bridgehead atoms. The number of amides is 1. The van der Waals surface area contributed by atoms with Crippen molar-refractivity contribution < 1.29 is 19.0 Å². The SMILES string of the molecule is COc1ccc(OC)c([C@H]2CCCN2C(=O)c2ccc(OCc3cscn3)cc2)c1. The predicted octanol–water partition coefficient (Wildman–Crippen LogP) is 4.72. The molecule has 0 aliphatic carbocycles. The summed E-state index contributed by atoms with van der Waals surface area (Å²) in [6.07, 6.45) is 1.84. The van der Waals surface area contributed by atoms with Crippen LogP contribution in [0, 0.1) is 0 Å². The molecule has 1 atom stereocenters. The summed E-state index contributed by atoms with van der Waals surface area (Å²) in [5.74, 6) is 2.25. The highest BCUT2D eigenvalue weighted by atomic mass is 32.1. The maximum atomic E-state index is 13.2. The van der Waals surface area contributed by atoms with E-state index in [-0.39, 0.29) is 11.9 Å². The van der Waals surface area contributed by atoms with Crippen molar-refractivity contribution in [1.29, 1.82) is 0 Å². The van der Waals surface area contributed by atoms with Crippen LogP contribution in [0.15, 0.2) is 53.4 Å². The van der Waals surface area contributed by atoms with E-state index in [1.54, 1.807) is 31.1 Å². The molecule has 1 aromatic heterocycles. The molecular weight excluding hydrogens is 400 g/mol. The fraction of sp³-hybridized carbons (Fsp3) is 0.304. The second-order valence-electron chi connectivity index (χ2n) is 7.06. The molecular formula is C23H24N2O4S. The maximum absolute atomic E-state index is 13.2. The summed E-state index contributed by atoms with van der Waals surface area (Å²) in [6.45, 7) is 1.13. The first-order chi connectivity index (χ1) is 14.7. The molecule has 0 saturated carbocycles. The number of thiazole rings is 1. The van der Waals surface area contributed by atoms with Gasteiger partial charge in [0.2, 0.25) is 0 Å². The highest BCUT2D eigenvalue weighted by Crippen LogP contribution is 2.39. The van der Waals surface area contributed by atoms with Crippen molar-refractivity contribution in [3.63, 3.8) is 0 Å². The van der Waals surface area contributed by atoms with Gasteiger partial charge in [0, 0.05) is 23.1 Å². The van der Waals surface area contributed by atoms with Gasteiger partial charge in [0.05, 0.1) is 31.5 Å². The van der Waals surface area contributed by atoms with Crippen molar-refractivity contribution in [3.05, 3.63) is 70.2 Å². The van der Waals surface area contributed by atoms with Crippen LogP contribution >= 0.6 is 11.3 Å². The number of carbonyl (C=O) groups is 1. The van der Waals surface area contributed by atoms with Crippen LogP contribution in [-0.2, 0) is 6.61 Å². The monoisotopic (exact) mass is 424 g/mol. The van der Waals surface area contributed by atoms with E-state index >= 15 is 0 Å². The first-order valence-electron chi connectivity index (χ1n) is 9.82. The summed E-state index contributed by atoms with van der Waals surface area (Å²) in [5, 5.41) is 1.96. The Morgan fingerprint density at radius 1 is 1.13 bits per heavy atom. The molecule has 0 radical (unpaired) electrons. The lowest BCUT2D eigenvalue weighted by Gasteiger charge is -2.27. The Kier molecular flexibility index (Phi) is 6.18. The Bertz CT molecular complexity index is 989. The minimum atomic E-state index is -0.0388. The zero-order valence-corrected chi connectivity index (χ0v) is 17.9. The van der Waals surface area contributed by atoms with Gasteiger partial charge in [0.1, 0.15) is 23.9 Å². The van der Waals surface area contributed by atoms with Crippen molar-refractivity contribution in [2.45, 2.75) is 25.5 Å². The number of aromatic nitrogens is 1. The highest BCUT2D eigenvalue weighted by molar-refractivity contribution is 7.07. The molecule has 0 spiro atoms. The van der Waals surface area contributed by atoms with E-state index in [0.717, 1.165) is 35.6 Å². The van der Waals surface area contributed by atoms with Gasteiger partial charge in [-0.1, -0.05) is 0 Å². The third kappa shape index (κ3) is 4.26.